The molecule has 0 aliphatic rings. The molecule has 0 bridgehead atoms. The van der Waals surface area contributed by atoms with Crippen LogP contribution in [-0.4, -0.2) is 5.91 Å². The van der Waals surface area contributed by atoms with Crippen LogP contribution in [0.25, 0.3) is 6.08 Å². The first-order valence-electron chi connectivity index (χ1n) is 9.43. The molecule has 150 valence electrons. The van der Waals surface area contributed by atoms with Crippen molar-refractivity contribution in [2.45, 2.75) is 20.5 Å². The Balaban J connectivity index is 1.73. The van der Waals surface area contributed by atoms with Crippen LogP contribution in [0.5, 0.6) is 5.75 Å². The van der Waals surface area contributed by atoms with Gasteiger partial charge in [0.1, 0.15) is 29.8 Å². The number of rotatable bonds is 6. The first-order chi connectivity index (χ1) is 14.5. The average molecular weight is 400 g/mol. The fourth-order valence-corrected chi connectivity index (χ4v) is 2.80. The molecule has 0 fully saturated rings. The summed E-state index contributed by atoms with van der Waals surface area (Å²) in [6.07, 6.45) is 1.49. The topological polar surface area (TPSA) is 62.1 Å². The zero-order chi connectivity index (χ0) is 21.5. The minimum atomic E-state index is -0.488. The van der Waals surface area contributed by atoms with Crippen molar-refractivity contribution in [3.8, 4) is 11.8 Å². The molecule has 1 amide bonds. The third-order valence-corrected chi connectivity index (χ3v) is 4.65. The van der Waals surface area contributed by atoms with E-state index in [1.54, 1.807) is 48.5 Å². The highest BCUT2D eigenvalue weighted by atomic mass is 19.1. The first kappa shape index (κ1) is 20.8. The second-order valence-corrected chi connectivity index (χ2v) is 6.88. The average Bonchev–Trinajstić information content (AvgIpc) is 2.74. The van der Waals surface area contributed by atoms with E-state index in [9.17, 15) is 14.4 Å². The highest BCUT2D eigenvalue weighted by Gasteiger charge is 2.10. The standard InChI is InChI=1S/C25H21FN2O2/c1-17-10-11-22(12-18(17)2)28-25(29)21(15-27)13-19-6-5-8-23(14-19)30-16-20-7-3-4-9-24(20)26/h3-14H,16H2,1-2H3,(H,28,29)/b21-13-. The van der Waals surface area contributed by atoms with Gasteiger partial charge in [-0.1, -0.05) is 36.4 Å². The number of nitrogens with zero attached hydrogens (tertiary/aromatic N) is 1. The monoisotopic (exact) mass is 400 g/mol. The van der Waals surface area contributed by atoms with Gasteiger partial charge >= 0.3 is 0 Å². The minimum Gasteiger partial charge on any atom is -0.489 e. The summed E-state index contributed by atoms with van der Waals surface area (Å²) in [7, 11) is 0. The van der Waals surface area contributed by atoms with E-state index < -0.39 is 5.91 Å². The van der Waals surface area contributed by atoms with E-state index in [2.05, 4.69) is 5.32 Å². The molecular formula is C25H21FN2O2. The van der Waals surface area contributed by atoms with Crippen LogP contribution in [0.3, 0.4) is 0 Å². The van der Waals surface area contributed by atoms with E-state index in [1.165, 1.54) is 12.1 Å². The number of carbonyl (C=O) groups is 1. The Morgan fingerprint density at radius 2 is 1.87 bits per heavy atom. The highest BCUT2D eigenvalue weighted by Crippen LogP contribution is 2.19. The molecule has 3 rings (SSSR count). The van der Waals surface area contributed by atoms with Crippen molar-refractivity contribution in [3.05, 3.63) is 100 Å². The number of aryl methyl sites for hydroxylation is 2. The van der Waals surface area contributed by atoms with Crippen LogP contribution in [0.15, 0.2) is 72.3 Å². The van der Waals surface area contributed by atoms with E-state index >= 15 is 0 Å². The number of ether oxygens (including phenoxy) is 1. The summed E-state index contributed by atoms with van der Waals surface area (Å²) < 4.78 is 19.4. The number of amides is 1. The SMILES string of the molecule is Cc1ccc(NC(=O)/C(C#N)=C\c2cccc(OCc3ccccc3F)c2)cc1C. The van der Waals surface area contributed by atoms with Crippen molar-refractivity contribution in [1.82, 2.24) is 0 Å². The van der Waals surface area contributed by atoms with Gasteiger partial charge in [0, 0.05) is 11.3 Å². The van der Waals surface area contributed by atoms with Crippen molar-refractivity contribution < 1.29 is 13.9 Å². The molecule has 0 atom stereocenters. The van der Waals surface area contributed by atoms with Gasteiger partial charge in [-0.2, -0.15) is 5.26 Å². The van der Waals surface area contributed by atoms with Crippen molar-refractivity contribution in [1.29, 1.82) is 5.26 Å². The maximum atomic E-state index is 13.7. The number of nitriles is 1. The number of carbonyl (C=O) groups excluding carboxylic acids is 1. The molecule has 0 heterocycles. The molecule has 1 N–H and O–H groups in total. The van der Waals surface area contributed by atoms with E-state index in [4.69, 9.17) is 4.74 Å². The Morgan fingerprint density at radius 3 is 2.60 bits per heavy atom. The molecule has 0 aliphatic carbocycles. The normalized spacial score (nSPS) is 10.9. The molecule has 0 unspecified atom stereocenters. The molecule has 0 aliphatic heterocycles. The lowest BCUT2D eigenvalue weighted by atomic mass is 10.1. The van der Waals surface area contributed by atoms with Gasteiger partial charge in [-0.05, 0) is 66.9 Å². The molecule has 3 aromatic rings. The van der Waals surface area contributed by atoms with Gasteiger partial charge in [0.2, 0.25) is 0 Å². The van der Waals surface area contributed by atoms with Gasteiger partial charge < -0.3 is 10.1 Å². The smallest absolute Gasteiger partial charge is 0.266 e. The lowest BCUT2D eigenvalue weighted by Crippen LogP contribution is -2.13. The second kappa shape index (κ2) is 9.53. The number of halogens is 1. The van der Waals surface area contributed by atoms with E-state index in [1.807, 2.05) is 32.0 Å². The van der Waals surface area contributed by atoms with Gasteiger partial charge in [0.25, 0.3) is 5.91 Å². The van der Waals surface area contributed by atoms with Crippen LogP contribution < -0.4 is 10.1 Å². The van der Waals surface area contributed by atoms with Gasteiger partial charge in [0.15, 0.2) is 0 Å². The Kier molecular flexibility index (Phi) is 6.61. The van der Waals surface area contributed by atoms with Crippen molar-refractivity contribution in [2.24, 2.45) is 0 Å². The zero-order valence-corrected chi connectivity index (χ0v) is 16.8. The highest BCUT2D eigenvalue weighted by molar-refractivity contribution is 6.09. The van der Waals surface area contributed by atoms with Crippen LogP contribution in [0.4, 0.5) is 10.1 Å². The zero-order valence-electron chi connectivity index (χ0n) is 16.8. The molecular weight excluding hydrogens is 379 g/mol. The van der Waals surface area contributed by atoms with Crippen LogP contribution in [0.2, 0.25) is 0 Å². The summed E-state index contributed by atoms with van der Waals surface area (Å²) in [5.41, 5.74) is 3.86. The van der Waals surface area contributed by atoms with Crippen LogP contribution >= 0.6 is 0 Å². The van der Waals surface area contributed by atoms with Crippen LogP contribution in [0, 0.1) is 31.0 Å². The summed E-state index contributed by atoms with van der Waals surface area (Å²) in [4.78, 5) is 12.5. The van der Waals surface area contributed by atoms with Crippen molar-refractivity contribution in [3.63, 3.8) is 0 Å². The Bertz CT molecular complexity index is 1150. The number of hydrogen-bond donors (Lipinski definition) is 1. The fraction of sp³-hybridized carbons (Fsp3) is 0.120. The van der Waals surface area contributed by atoms with Gasteiger partial charge in [0.05, 0.1) is 0 Å². The van der Waals surface area contributed by atoms with E-state index in [0.717, 1.165) is 11.1 Å². The Morgan fingerprint density at radius 1 is 1.07 bits per heavy atom. The second-order valence-electron chi connectivity index (χ2n) is 6.88. The third-order valence-electron chi connectivity index (χ3n) is 4.65. The maximum Gasteiger partial charge on any atom is 0.266 e. The Labute approximate surface area is 175 Å². The van der Waals surface area contributed by atoms with E-state index in [0.29, 0.717) is 22.6 Å². The lowest BCUT2D eigenvalue weighted by molar-refractivity contribution is -0.112. The van der Waals surface area contributed by atoms with Crippen molar-refractivity contribution in [2.75, 3.05) is 5.32 Å². The molecule has 0 saturated carbocycles. The predicted octanol–water partition coefficient (Wildman–Crippen LogP) is 5.57. The molecule has 0 radical (unpaired) electrons. The third kappa shape index (κ3) is 5.33. The Hall–Kier alpha value is -3.91. The fourth-order valence-electron chi connectivity index (χ4n) is 2.80. The molecule has 30 heavy (non-hydrogen) atoms. The summed E-state index contributed by atoms with van der Waals surface area (Å²) in [5.74, 6) is -0.305. The summed E-state index contributed by atoms with van der Waals surface area (Å²) in [5, 5.41) is 12.2. The summed E-state index contributed by atoms with van der Waals surface area (Å²) in [6.45, 7) is 4.03. The minimum absolute atomic E-state index is 0.0283. The van der Waals surface area contributed by atoms with Gasteiger partial charge in [-0.3, -0.25) is 4.79 Å². The molecule has 0 aromatic heterocycles. The van der Waals surface area contributed by atoms with Crippen LogP contribution in [-0.2, 0) is 11.4 Å². The van der Waals surface area contributed by atoms with Crippen LogP contribution in [0.1, 0.15) is 22.3 Å². The number of anilines is 1. The molecule has 3 aromatic carbocycles. The molecule has 4 nitrogen and oxygen atoms in total. The van der Waals surface area contributed by atoms with E-state index in [-0.39, 0.29) is 18.0 Å². The first-order valence-corrected chi connectivity index (χ1v) is 9.43. The number of benzene rings is 3. The lowest BCUT2D eigenvalue weighted by Gasteiger charge is -2.09. The quantitative estimate of drug-likeness (QED) is 0.435. The number of hydrogen-bond acceptors (Lipinski definition) is 3. The maximum absolute atomic E-state index is 13.7. The predicted molar refractivity (Wildman–Crippen MR) is 115 cm³/mol. The number of nitrogens with one attached hydrogen (secondary N) is 1. The summed E-state index contributed by atoms with van der Waals surface area (Å²) in [6, 6.07) is 20.9. The molecule has 5 heteroatoms. The van der Waals surface area contributed by atoms with Gasteiger partial charge in [-0.25, -0.2) is 4.39 Å². The van der Waals surface area contributed by atoms with Gasteiger partial charge in [-0.15, -0.1) is 0 Å². The van der Waals surface area contributed by atoms with Crippen molar-refractivity contribution >= 4 is 17.7 Å². The molecule has 0 spiro atoms. The summed E-state index contributed by atoms with van der Waals surface area (Å²) >= 11 is 0. The molecule has 0 saturated heterocycles. The largest absolute Gasteiger partial charge is 0.489 e.